The molecule has 0 aromatic carbocycles. The van der Waals surface area contributed by atoms with Gasteiger partial charge in [-0.25, -0.2) is 4.98 Å². The van der Waals surface area contributed by atoms with Crippen molar-refractivity contribution in [2.24, 2.45) is 5.92 Å². The van der Waals surface area contributed by atoms with E-state index < -0.39 is 0 Å². The maximum absolute atomic E-state index is 12.2. The van der Waals surface area contributed by atoms with Gasteiger partial charge in [0.25, 0.3) is 5.91 Å². The van der Waals surface area contributed by atoms with Gasteiger partial charge >= 0.3 is 0 Å². The first kappa shape index (κ1) is 12.1. The molecule has 1 aromatic heterocycles. The molecule has 1 amide bonds. The van der Waals surface area contributed by atoms with Crippen molar-refractivity contribution in [2.45, 2.75) is 12.8 Å². The van der Waals surface area contributed by atoms with Gasteiger partial charge < -0.3 is 4.90 Å². The van der Waals surface area contributed by atoms with Crippen LogP contribution in [0.15, 0.2) is 18.3 Å². The lowest BCUT2D eigenvalue weighted by Crippen LogP contribution is -2.33. The fraction of sp³-hybridized carbons (Fsp3) is 0.357. The van der Waals surface area contributed by atoms with Crippen molar-refractivity contribution < 1.29 is 4.79 Å². The van der Waals surface area contributed by atoms with Gasteiger partial charge in [-0.05, 0) is 30.9 Å². The molecule has 0 bridgehead atoms. The van der Waals surface area contributed by atoms with E-state index in [-0.39, 0.29) is 5.91 Å². The highest BCUT2D eigenvalue weighted by Crippen LogP contribution is 2.29. The fourth-order valence-electron chi connectivity index (χ4n) is 1.69. The van der Waals surface area contributed by atoms with Crippen molar-refractivity contribution in [1.29, 1.82) is 5.26 Å². The molecule has 1 saturated carbocycles. The predicted molar refractivity (Wildman–Crippen MR) is 66.4 cm³/mol. The second-order valence-electron chi connectivity index (χ2n) is 4.38. The lowest BCUT2D eigenvalue weighted by molar-refractivity contribution is 0.0764. The molecular formula is C14H13N3O. The minimum atomic E-state index is -0.163. The van der Waals surface area contributed by atoms with Gasteiger partial charge in [0.15, 0.2) is 0 Å². The van der Waals surface area contributed by atoms with Crippen LogP contribution < -0.4 is 0 Å². The zero-order chi connectivity index (χ0) is 13.0. The maximum Gasteiger partial charge on any atom is 0.273 e. The molecule has 0 spiro atoms. The van der Waals surface area contributed by atoms with Crippen molar-refractivity contribution in [1.82, 2.24) is 9.88 Å². The lowest BCUT2D eigenvalue weighted by Gasteiger charge is -2.19. The Hall–Kier alpha value is -2.33. The molecule has 0 saturated heterocycles. The number of hydrogen-bond donors (Lipinski definition) is 0. The first-order chi connectivity index (χ1) is 8.74. The molecule has 0 N–H and O–H groups in total. The average molecular weight is 239 g/mol. The number of aromatic nitrogens is 1. The molecule has 0 unspecified atom stereocenters. The van der Waals surface area contributed by atoms with E-state index in [0.29, 0.717) is 30.3 Å². The van der Waals surface area contributed by atoms with Gasteiger partial charge in [-0.1, -0.05) is 5.92 Å². The maximum atomic E-state index is 12.2. The summed E-state index contributed by atoms with van der Waals surface area (Å²) >= 11 is 0. The van der Waals surface area contributed by atoms with Crippen LogP contribution >= 0.6 is 0 Å². The number of carbonyl (C=O) groups excluding carboxylic acids is 1. The highest BCUT2D eigenvalue weighted by molar-refractivity contribution is 5.92. The second kappa shape index (κ2) is 5.33. The Morgan fingerprint density at radius 2 is 2.33 bits per heavy atom. The lowest BCUT2D eigenvalue weighted by atomic mass is 10.2. The van der Waals surface area contributed by atoms with Crippen LogP contribution in [0.25, 0.3) is 0 Å². The summed E-state index contributed by atoms with van der Waals surface area (Å²) in [6, 6.07) is 5.13. The average Bonchev–Trinajstić information content (AvgIpc) is 3.21. The third-order valence-corrected chi connectivity index (χ3v) is 2.86. The molecule has 2 rings (SSSR count). The molecule has 0 aliphatic heterocycles. The van der Waals surface area contributed by atoms with E-state index in [1.165, 1.54) is 6.20 Å². The fourth-order valence-corrected chi connectivity index (χ4v) is 1.69. The SMILES string of the molecule is C#CCN(CC1CC1)C(=O)c1ccc(C#N)cn1. The Bertz CT molecular complexity index is 517. The minimum Gasteiger partial charge on any atom is -0.326 e. The highest BCUT2D eigenvalue weighted by Gasteiger charge is 2.27. The summed E-state index contributed by atoms with van der Waals surface area (Å²) < 4.78 is 0. The number of nitriles is 1. The molecule has 1 fully saturated rings. The number of rotatable bonds is 4. The van der Waals surface area contributed by atoms with Crippen LogP contribution in [0.2, 0.25) is 0 Å². The Morgan fingerprint density at radius 3 is 2.83 bits per heavy atom. The van der Waals surface area contributed by atoms with Gasteiger partial charge in [0.05, 0.1) is 12.1 Å². The number of hydrogen-bond acceptors (Lipinski definition) is 3. The van der Waals surface area contributed by atoms with Crippen molar-refractivity contribution in [3.05, 3.63) is 29.6 Å². The van der Waals surface area contributed by atoms with Crippen LogP contribution in [0.3, 0.4) is 0 Å². The first-order valence-corrected chi connectivity index (χ1v) is 5.83. The minimum absolute atomic E-state index is 0.163. The number of nitrogens with zero attached hydrogens (tertiary/aromatic N) is 3. The molecule has 1 aliphatic carbocycles. The highest BCUT2D eigenvalue weighted by atomic mass is 16.2. The van der Waals surface area contributed by atoms with Crippen LogP contribution in [0.1, 0.15) is 28.9 Å². The molecule has 4 heteroatoms. The molecule has 1 heterocycles. The molecule has 1 aliphatic rings. The van der Waals surface area contributed by atoms with Crippen molar-refractivity contribution in [3.63, 3.8) is 0 Å². The Kier molecular flexibility index (Phi) is 3.60. The first-order valence-electron chi connectivity index (χ1n) is 5.83. The topological polar surface area (TPSA) is 57.0 Å². The van der Waals surface area contributed by atoms with E-state index >= 15 is 0 Å². The second-order valence-corrected chi connectivity index (χ2v) is 4.38. The Labute approximate surface area is 106 Å². The summed E-state index contributed by atoms with van der Waals surface area (Å²) in [5.74, 6) is 2.92. The van der Waals surface area contributed by atoms with Crippen molar-refractivity contribution in [2.75, 3.05) is 13.1 Å². The van der Waals surface area contributed by atoms with Gasteiger partial charge in [0.1, 0.15) is 11.8 Å². The van der Waals surface area contributed by atoms with E-state index in [9.17, 15) is 4.79 Å². The number of carbonyl (C=O) groups is 1. The smallest absolute Gasteiger partial charge is 0.273 e. The molecule has 0 radical (unpaired) electrons. The molecular weight excluding hydrogens is 226 g/mol. The van der Waals surface area contributed by atoms with Gasteiger partial charge in [-0.2, -0.15) is 5.26 Å². The molecule has 90 valence electrons. The number of pyridine rings is 1. The molecule has 0 atom stereocenters. The van der Waals surface area contributed by atoms with Crippen LogP contribution in [0, 0.1) is 29.6 Å². The van der Waals surface area contributed by atoms with Crippen molar-refractivity contribution in [3.8, 4) is 18.4 Å². The van der Waals surface area contributed by atoms with E-state index in [4.69, 9.17) is 11.7 Å². The third-order valence-electron chi connectivity index (χ3n) is 2.86. The molecule has 18 heavy (non-hydrogen) atoms. The Morgan fingerprint density at radius 1 is 1.56 bits per heavy atom. The molecule has 4 nitrogen and oxygen atoms in total. The Balaban J connectivity index is 2.11. The van der Waals surface area contributed by atoms with Crippen molar-refractivity contribution >= 4 is 5.91 Å². The molecule has 1 aromatic rings. The summed E-state index contributed by atoms with van der Waals surface area (Å²) in [4.78, 5) is 17.8. The van der Waals surface area contributed by atoms with Crippen LogP contribution in [0.4, 0.5) is 0 Å². The van der Waals surface area contributed by atoms with Gasteiger partial charge in [0, 0.05) is 12.7 Å². The van der Waals surface area contributed by atoms with Gasteiger partial charge in [-0.15, -0.1) is 6.42 Å². The van der Waals surface area contributed by atoms with Crippen LogP contribution in [0.5, 0.6) is 0 Å². The quantitative estimate of drug-likeness (QED) is 0.747. The monoisotopic (exact) mass is 239 g/mol. The largest absolute Gasteiger partial charge is 0.326 e. The zero-order valence-electron chi connectivity index (χ0n) is 9.97. The summed E-state index contributed by atoms with van der Waals surface area (Å²) in [6.07, 6.45) is 9.00. The number of terminal acetylenes is 1. The predicted octanol–water partition coefficient (Wildman–Crippen LogP) is 1.44. The van der Waals surface area contributed by atoms with E-state index in [1.807, 2.05) is 6.07 Å². The third kappa shape index (κ3) is 2.87. The number of amides is 1. The van der Waals surface area contributed by atoms with Crippen LogP contribution in [-0.2, 0) is 0 Å². The summed E-state index contributed by atoms with van der Waals surface area (Å²) in [5.41, 5.74) is 0.780. The van der Waals surface area contributed by atoms with E-state index in [0.717, 1.165) is 12.8 Å². The summed E-state index contributed by atoms with van der Waals surface area (Å²) in [7, 11) is 0. The van der Waals surface area contributed by atoms with Gasteiger partial charge in [-0.3, -0.25) is 4.79 Å². The van der Waals surface area contributed by atoms with Crippen LogP contribution in [-0.4, -0.2) is 28.9 Å². The van der Waals surface area contributed by atoms with E-state index in [1.54, 1.807) is 17.0 Å². The van der Waals surface area contributed by atoms with E-state index in [2.05, 4.69) is 10.9 Å². The standard InChI is InChI=1S/C14H13N3O/c1-2-7-17(10-11-3-4-11)14(18)13-6-5-12(8-15)9-16-13/h1,5-6,9,11H,3-4,7,10H2. The summed E-state index contributed by atoms with van der Waals surface area (Å²) in [6.45, 7) is 1.00. The van der Waals surface area contributed by atoms with Gasteiger partial charge in [0.2, 0.25) is 0 Å². The summed E-state index contributed by atoms with van der Waals surface area (Å²) in [5, 5.41) is 8.68. The normalized spacial score (nSPS) is 13.4. The zero-order valence-corrected chi connectivity index (χ0v) is 9.97.